The number of rotatable bonds is 6. The Labute approximate surface area is 164 Å². The third-order valence-corrected chi connectivity index (χ3v) is 4.99. The van der Waals surface area contributed by atoms with Crippen LogP contribution in [-0.2, 0) is 11.3 Å². The highest BCUT2D eigenvalue weighted by molar-refractivity contribution is 7.18. The number of hydrogen-bond acceptors (Lipinski definition) is 9. The molecular weight excluding hydrogens is 378 g/mol. The predicted octanol–water partition coefficient (Wildman–Crippen LogP) is 1.53. The van der Waals surface area contributed by atoms with Crippen LogP contribution in [0.5, 0.6) is 0 Å². The van der Waals surface area contributed by atoms with E-state index >= 15 is 0 Å². The van der Waals surface area contributed by atoms with E-state index in [0.717, 1.165) is 23.4 Å². The van der Waals surface area contributed by atoms with Crippen molar-refractivity contribution >= 4 is 40.1 Å². The van der Waals surface area contributed by atoms with E-state index < -0.39 is 18.6 Å². The van der Waals surface area contributed by atoms with Crippen molar-refractivity contribution in [3.63, 3.8) is 0 Å². The minimum absolute atomic E-state index is 0.328. The number of aliphatic hydroxyl groups excluding tert-OH is 1. The quantitative estimate of drug-likeness (QED) is 0.496. The van der Waals surface area contributed by atoms with Crippen LogP contribution in [0.1, 0.15) is 11.1 Å². The largest absolute Gasteiger partial charge is 0.394 e. The third kappa shape index (κ3) is 3.88. The number of nitrogens with one attached hydrogen (secondary N) is 2. The number of carbonyl (C=O) groups is 1. The van der Waals surface area contributed by atoms with E-state index in [1.807, 2.05) is 24.4 Å². The SMILES string of the molecule is N[C@@H](CO)C(=O)Nc1cc(-c2nnc(Nc3ccc4c(c3)C=NC4)s2)ccn1. The van der Waals surface area contributed by atoms with Gasteiger partial charge in [0, 0.05) is 23.7 Å². The number of aromatic nitrogens is 3. The van der Waals surface area contributed by atoms with Gasteiger partial charge in [-0.05, 0) is 35.4 Å². The summed E-state index contributed by atoms with van der Waals surface area (Å²) in [5, 5.41) is 24.5. The summed E-state index contributed by atoms with van der Waals surface area (Å²) in [6.45, 7) is 0.286. The van der Waals surface area contributed by atoms with E-state index in [1.54, 1.807) is 18.3 Å². The Kier molecular flexibility index (Phi) is 5.06. The van der Waals surface area contributed by atoms with E-state index in [1.165, 1.54) is 16.9 Å². The molecule has 28 heavy (non-hydrogen) atoms. The zero-order valence-corrected chi connectivity index (χ0v) is 15.5. The number of aliphatic imine (C=N–C) groups is 1. The Hall–Kier alpha value is -3.21. The number of anilines is 3. The monoisotopic (exact) mass is 395 g/mol. The number of aliphatic hydroxyl groups is 1. The van der Waals surface area contributed by atoms with Crippen molar-refractivity contribution in [1.29, 1.82) is 0 Å². The first-order valence-electron chi connectivity index (χ1n) is 8.49. The summed E-state index contributed by atoms with van der Waals surface area (Å²) in [6.07, 6.45) is 3.42. The summed E-state index contributed by atoms with van der Waals surface area (Å²) in [5.41, 5.74) is 9.48. The molecule has 0 fully saturated rings. The molecular formula is C18H17N7O2S. The van der Waals surface area contributed by atoms with Crippen LogP contribution >= 0.6 is 11.3 Å². The highest BCUT2D eigenvalue weighted by Gasteiger charge is 2.14. The van der Waals surface area contributed by atoms with E-state index in [-0.39, 0.29) is 0 Å². The molecule has 1 aliphatic heterocycles. The van der Waals surface area contributed by atoms with Gasteiger partial charge < -0.3 is 21.5 Å². The summed E-state index contributed by atoms with van der Waals surface area (Å²) in [6, 6.07) is 8.51. The van der Waals surface area contributed by atoms with Crippen LogP contribution < -0.4 is 16.4 Å². The van der Waals surface area contributed by atoms with E-state index in [0.29, 0.717) is 16.0 Å². The molecule has 1 amide bonds. The van der Waals surface area contributed by atoms with Gasteiger partial charge in [-0.1, -0.05) is 17.4 Å². The van der Waals surface area contributed by atoms with E-state index in [4.69, 9.17) is 10.8 Å². The molecule has 3 aromatic rings. The van der Waals surface area contributed by atoms with Crippen LogP contribution in [0.3, 0.4) is 0 Å². The highest BCUT2D eigenvalue weighted by atomic mass is 32.1. The Bertz CT molecular complexity index is 1050. The molecule has 1 aliphatic rings. The Morgan fingerprint density at radius 2 is 2.18 bits per heavy atom. The molecule has 1 atom stereocenters. The second-order valence-electron chi connectivity index (χ2n) is 6.13. The van der Waals surface area contributed by atoms with E-state index in [2.05, 4.69) is 30.8 Å². The maximum absolute atomic E-state index is 11.8. The van der Waals surface area contributed by atoms with Gasteiger partial charge in [0.25, 0.3) is 0 Å². The van der Waals surface area contributed by atoms with Crippen LogP contribution in [0.2, 0.25) is 0 Å². The molecule has 0 spiro atoms. The lowest BCUT2D eigenvalue weighted by Crippen LogP contribution is -2.38. The maximum Gasteiger partial charge on any atom is 0.244 e. The fourth-order valence-electron chi connectivity index (χ4n) is 2.63. The third-order valence-electron chi connectivity index (χ3n) is 4.11. The average molecular weight is 395 g/mol. The normalized spacial score (nSPS) is 13.2. The zero-order chi connectivity index (χ0) is 19.5. The second kappa shape index (κ2) is 7.80. The molecule has 0 radical (unpaired) electrons. The number of nitrogens with two attached hydrogens (primary N) is 1. The molecule has 9 nitrogen and oxygen atoms in total. The number of nitrogens with zero attached hydrogens (tertiary/aromatic N) is 4. The number of hydrogen-bond donors (Lipinski definition) is 4. The van der Waals surface area contributed by atoms with Crippen LogP contribution in [0.4, 0.5) is 16.6 Å². The first kappa shape index (κ1) is 18.2. The topological polar surface area (TPSA) is 138 Å². The lowest BCUT2D eigenvalue weighted by Gasteiger charge is -2.09. The summed E-state index contributed by atoms with van der Waals surface area (Å²) in [4.78, 5) is 20.1. The number of fused-ring (bicyclic) bond motifs is 1. The smallest absolute Gasteiger partial charge is 0.244 e. The zero-order valence-electron chi connectivity index (χ0n) is 14.7. The summed E-state index contributed by atoms with van der Waals surface area (Å²) < 4.78 is 0. The van der Waals surface area contributed by atoms with Crippen LogP contribution in [0, 0.1) is 0 Å². The molecule has 142 valence electrons. The Morgan fingerprint density at radius 3 is 3.04 bits per heavy atom. The highest BCUT2D eigenvalue weighted by Crippen LogP contribution is 2.30. The van der Waals surface area contributed by atoms with E-state index in [9.17, 15) is 4.79 Å². The van der Waals surface area contributed by atoms with Crippen molar-refractivity contribution in [2.24, 2.45) is 10.7 Å². The van der Waals surface area contributed by atoms with Gasteiger partial charge in [-0.15, -0.1) is 10.2 Å². The second-order valence-corrected chi connectivity index (χ2v) is 7.11. The molecule has 1 aromatic carbocycles. The Balaban J connectivity index is 1.49. The van der Waals surface area contributed by atoms with Crippen molar-refractivity contribution in [1.82, 2.24) is 15.2 Å². The van der Waals surface area contributed by atoms with Crippen molar-refractivity contribution < 1.29 is 9.90 Å². The van der Waals surface area contributed by atoms with Gasteiger partial charge >= 0.3 is 0 Å². The molecule has 10 heteroatoms. The minimum atomic E-state index is -1.000. The van der Waals surface area contributed by atoms with Crippen LogP contribution in [0.25, 0.3) is 10.6 Å². The van der Waals surface area contributed by atoms with Gasteiger partial charge in [0.15, 0.2) is 0 Å². The molecule has 2 aromatic heterocycles. The van der Waals surface area contributed by atoms with Crippen molar-refractivity contribution in [3.05, 3.63) is 47.7 Å². The molecule has 4 rings (SSSR count). The lowest BCUT2D eigenvalue weighted by molar-refractivity contribution is -0.118. The molecule has 0 saturated heterocycles. The fourth-order valence-corrected chi connectivity index (χ4v) is 3.39. The minimum Gasteiger partial charge on any atom is -0.394 e. The van der Waals surface area contributed by atoms with Crippen LogP contribution in [0.15, 0.2) is 41.5 Å². The number of carbonyl (C=O) groups excluding carboxylic acids is 1. The van der Waals surface area contributed by atoms with Crippen molar-refractivity contribution in [3.8, 4) is 10.6 Å². The van der Waals surface area contributed by atoms with Gasteiger partial charge in [0.1, 0.15) is 16.9 Å². The average Bonchev–Trinajstić information content (AvgIpc) is 3.36. The number of benzene rings is 1. The number of amides is 1. The van der Waals surface area contributed by atoms with Crippen molar-refractivity contribution in [2.75, 3.05) is 17.2 Å². The molecule has 3 heterocycles. The van der Waals surface area contributed by atoms with Gasteiger partial charge in [-0.2, -0.15) is 0 Å². The fraction of sp³-hybridized carbons (Fsp3) is 0.167. The van der Waals surface area contributed by atoms with Gasteiger partial charge in [0.2, 0.25) is 11.0 Å². The Morgan fingerprint density at radius 1 is 1.29 bits per heavy atom. The standard InChI is InChI=1S/C18H17N7O2S/c19-14(9-26)16(27)23-15-6-10(3-4-21-15)17-24-25-18(28-17)22-13-2-1-11-7-20-8-12(11)5-13/h1-6,8,14,26H,7,9,19H2,(H,22,25)(H,21,23,27)/t14-/m0/s1. The summed E-state index contributed by atoms with van der Waals surface area (Å²) in [7, 11) is 0. The maximum atomic E-state index is 11.8. The first-order valence-corrected chi connectivity index (χ1v) is 9.31. The predicted molar refractivity (Wildman–Crippen MR) is 108 cm³/mol. The molecule has 0 bridgehead atoms. The summed E-state index contributed by atoms with van der Waals surface area (Å²) in [5.74, 6) is -0.180. The van der Waals surface area contributed by atoms with Crippen molar-refractivity contribution in [2.45, 2.75) is 12.6 Å². The summed E-state index contributed by atoms with van der Waals surface area (Å²) >= 11 is 1.38. The van der Waals surface area contributed by atoms with Gasteiger partial charge in [0.05, 0.1) is 13.2 Å². The first-order chi connectivity index (χ1) is 13.6. The molecule has 5 N–H and O–H groups in total. The molecule has 0 saturated carbocycles. The molecule has 0 aliphatic carbocycles. The lowest BCUT2D eigenvalue weighted by atomic mass is 10.1. The van der Waals surface area contributed by atoms with Crippen LogP contribution in [-0.4, -0.2) is 45.1 Å². The number of pyridine rings is 1. The molecule has 0 unspecified atom stereocenters. The van der Waals surface area contributed by atoms with Gasteiger partial charge in [-0.3, -0.25) is 9.79 Å². The van der Waals surface area contributed by atoms with Gasteiger partial charge in [-0.25, -0.2) is 4.98 Å².